The third-order valence-corrected chi connectivity index (χ3v) is 5.72. The maximum atomic E-state index is 11.3. The average Bonchev–Trinajstić information content (AvgIpc) is 3.15. The van der Waals surface area contributed by atoms with Gasteiger partial charge in [-0.2, -0.15) is 0 Å². The van der Waals surface area contributed by atoms with Crippen LogP contribution in [-0.2, 0) is 17.8 Å². The predicted octanol–water partition coefficient (Wildman–Crippen LogP) is 2.13. The summed E-state index contributed by atoms with van der Waals surface area (Å²) in [6, 6.07) is 10.1. The number of benzene rings is 2. The molecule has 0 saturated carbocycles. The zero-order valence-corrected chi connectivity index (χ0v) is 18.6. The lowest BCUT2D eigenvalue weighted by molar-refractivity contribution is -0.384. The number of carbonyl (C=O) groups is 1. The van der Waals surface area contributed by atoms with Crippen LogP contribution in [0.4, 0.5) is 17.3 Å². The number of nitrogens with zero attached hydrogens (tertiary/aromatic N) is 4. The van der Waals surface area contributed by atoms with Crippen molar-refractivity contribution in [3.63, 3.8) is 0 Å². The second-order valence-electron chi connectivity index (χ2n) is 7.96. The third kappa shape index (κ3) is 5.16. The van der Waals surface area contributed by atoms with Gasteiger partial charge in [0.15, 0.2) is 0 Å². The number of carbonyl (C=O) groups excluding carboxylic acids is 1. The highest BCUT2D eigenvalue weighted by Crippen LogP contribution is 2.26. The molecule has 1 saturated heterocycles. The van der Waals surface area contributed by atoms with Gasteiger partial charge in [-0.3, -0.25) is 19.8 Å². The number of imidazole rings is 1. The summed E-state index contributed by atoms with van der Waals surface area (Å²) < 4.78 is 7.41. The molecule has 0 radical (unpaired) electrons. The lowest BCUT2D eigenvalue weighted by Crippen LogP contribution is -2.35. The molecule has 4 rings (SSSR count). The second-order valence-corrected chi connectivity index (χ2v) is 7.96. The van der Waals surface area contributed by atoms with Gasteiger partial charge in [0.1, 0.15) is 5.69 Å². The minimum Gasteiger partial charge on any atom is -0.379 e. The first-order valence-corrected chi connectivity index (χ1v) is 10.9. The number of allylic oxidation sites excluding steroid dienone is 1. The molecule has 0 atom stereocenters. The summed E-state index contributed by atoms with van der Waals surface area (Å²) in [7, 11) is 0. The Morgan fingerprint density at radius 2 is 2.03 bits per heavy atom. The minimum atomic E-state index is -0.715. The SMILES string of the molecule is NC(=O)c1ccc(NC/C=C/Cn2c(N)nc3cccc(CN4CCOCC4)c32)c([N+](=O)[O-])c1. The Morgan fingerprint density at radius 1 is 1.24 bits per heavy atom. The van der Waals surface area contributed by atoms with Crippen LogP contribution in [0.1, 0.15) is 15.9 Å². The minimum absolute atomic E-state index is 0.0862. The zero-order chi connectivity index (χ0) is 24.1. The molecule has 11 heteroatoms. The summed E-state index contributed by atoms with van der Waals surface area (Å²) in [6.45, 7) is 4.89. The van der Waals surface area contributed by atoms with Gasteiger partial charge in [0.25, 0.3) is 5.69 Å². The van der Waals surface area contributed by atoms with Crippen molar-refractivity contribution in [3.8, 4) is 0 Å². The molecular formula is C23H27N7O4. The van der Waals surface area contributed by atoms with Gasteiger partial charge in [-0.25, -0.2) is 4.98 Å². The van der Waals surface area contributed by atoms with Gasteiger partial charge in [-0.15, -0.1) is 0 Å². The number of nitrogens with two attached hydrogens (primary N) is 2. The number of nitro groups is 1. The van der Waals surface area contributed by atoms with Crippen molar-refractivity contribution in [1.29, 1.82) is 0 Å². The van der Waals surface area contributed by atoms with E-state index < -0.39 is 10.8 Å². The molecule has 2 heterocycles. The lowest BCUT2D eigenvalue weighted by atomic mass is 10.1. The van der Waals surface area contributed by atoms with E-state index in [1.807, 2.05) is 28.9 Å². The van der Waals surface area contributed by atoms with Crippen molar-refractivity contribution in [2.24, 2.45) is 5.73 Å². The average molecular weight is 466 g/mol. The zero-order valence-electron chi connectivity index (χ0n) is 18.6. The van der Waals surface area contributed by atoms with Crippen LogP contribution >= 0.6 is 0 Å². The second kappa shape index (κ2) is 10.3. The molecule has 1 aliphatic heterocycles. The van der Waals surface area contributed by atoms with Gasteiger partial charge >= 0.3 is 0 Å². The number of rotatable bonds is 9. The van der Waals surface area contributed by atoms with Crippen LogP contribution in [0.25, 0.3) is 11.0 Å². The molecule has 178 valence electrons. The van der Waals surface area contributed by atoms with Gasteiger partial charge in [0.2, 0.25) is 11.9 Å². The third-order valence-electron chi connectivity index (χ3n) is 5.72. The normalized spacial score (nSPS) is 14.6. The highest BCUT2D eigenvalue weighted by Gasteiger charge is 2.17. The predicted molar refractivity (Wildman–Crippen MR) is 129 cm³/mol. The van der Waals surface area contributed by atoms with E-state index in [-0.39, 0.29) is 11.3 Å². The van der Waals surface area contributed by atoms with Gasteiger partial charge < -0.3 is 26.1 Å². The Morgan fingerprint density at radius 3 is 2.76 bits per heavy atom. The summed E-state index contributed by atoms with van der Waals surface area (Å²) in [6.07, 6.45) is 3.79. The molecule has 1 aromatic heterocycles. The van der Waals surface area contributed by atoms with Crippen molar-refractivity contribution in [3.05, 3.63) is 69.8 Å². The monoisotopic (exact) mass is 465 g/mol. The smallest absolute Gasteiger partial charge is 0.293 e. The van der Waals surface area contributed by atoms with Crippen molar-refractivity contribution in [2.75, 3.05) is 43.9 Å². The number of fused-ring (bicyclic) bond motifs is 1. The van der Waals surface area contributed by atoms with Gasteiger partial charge in [-0.05, 0) is 23.8 Å². The van der Waals surface area contributed by atoms with Gasteiger partial charge in [0, 0.05) is 44.4 Å². The summed E-state index contributed by atoms with van der Waals surface area (Å²) >= 11 is 0. The van der Waals surface area contributed by atoms with Crippen molar-refractivity contribution in [2.45, 2.75) is 13.1 Å². The first-order valence-electron chi connectivity index (χ1n) is 10.9. The van der Waals surface area contributed by atoms with E-state index in [1.54, 1.807) is 0 Å². The molecular weight excluding hydrogens is 438 g/mol. The summed E-state index contributed by atoms with van der Waals surface area (Å²) in [4.78, 5) is 28.9. The Hall–Kier alpha value is -3.96. The lowest BCUT2D eigenvalue weighted by Gasteiger charge is -2.27. The van der Waals surface area contributed by atoms with E-state index in [9.17, 15) is 14.9 Å². The highest BCUT2D eigenvalue weighted by molar-refractivity contribution is 5.94. The fraction of sp³-hybridized carbons (Fsp3) is 0.304. The topological polar surface area (TPSA) is 155 Å². The number of ether oxygens (including phenoxy) is 1. The first-order chi connectivity index (χ1) is 16.4. The molecule has 11 nitrogen and oxygen atoms in total. The van der Waals surface area contributed by atoms with Crippen LogP contribution in [-0.4, -0.2) is 58.1 Å². The molecule has 1 amide bonds. The summed E-state index contributed by atoms with van der Waals surface area (Å²) in [5.41, 5.74) is 14.6. The van der Waals surface area contributed by atoms with Crippen LogP contribution in [0.3, 0.4) is 0 Å². The number of primary amides is 1. The standard InChI is InChI=1S/C23H27N7O4/c24-22(31)16-6-7-18(20(14-16)30(32)33)26-8-1-2-9-29-21-17(15-28-10-12-34-13-11-28)4-3-5-19(21)27-23(29)25/h1-7,14,26H,8-13,15H2,(H2,24,31)(H2,25,27)/b2-1+. The molecule has 2 aromatic carbocycles. The van der Waals surface area contributed by atoms with E-state index in [0.29, 0.717) is 24.7 Å². The van der Waals surface area contributed by atoms with Crippen LogP contribution in [0.5, 0.6) is 0 Å². The van der Waals surface area contributed by atoms with Crippen LogP contribution < -0.4 is 16.8 Å². The number of aromatic nitrogens is 2. The number of nitro benzene ring substituents is 1. The van der Waals surface area contributed by atoms with Crippen molar-refractivity contribution >= 4 is 34.3 Å². The molecule has 1 fully saturated rings. The van der Waals surface area contributed by atoms with E-state index in [4.69, 9.17) is 16.2 Å². The molecule has 0 unspecified atom stereocenters. The van der Waals surface area contributed by atoms with Crippen LogP contribution in [0, 0.1) is 10.1 Å². The number of anilines is 2. The molecule has 3 aromatic rings. The van der Waals surface area contributed by atoms with E-state index in [1.165, 1.54) is 18.2 Å². The number of hydrogen-bond acceptors (Lipinski definition) is 8. The number of nitrogen functional groups attached to an aromatic ring is 1. The molecule has 5 N–H and O–H groups in total. The fourth-order valence-electron chi connectivity index (χ4n) is 4.01. The van der Waals surface area contributed by atoms with Crippen LogP contribution in [0.2, 0.25) is 0 Å². The fourth-order valence-corrected chi connectivity index (χ4v) is 4.01. The van der Waals surface area contributed by atoms with Gasteiger partial charge in [-0.1, -0.05) is 24.3 Å². The molecule has 0 bridgehead atoms. The van der Waals surface area contributed by atoms with E-state index in [0.717, 1.165) is 49.4 Å². The molecule has 0 aliphatic carbocycles. The quantitative estimate of drug-likeness (QED) is 0.247. The number of nitrogens with one attached hydrogen (secondary N) is 1. The van der Waals surface area contributed by atoms with E-state index in [2.05, 4.69) is 21.3 Å². The number of morpholine rings is 1. The van der Waals surface area contributed by atoms with Crippen molar-refractivity contribution < 1.29 is 14.5 Å². The number of amides is 1. The maximum Gasteiger partial charge on any atom is 0.293 e. The largest absolute Gasteiger partial charge is 0.379 e. The highest BCUT2D eigenvalue weighted by atomic mass is 16.6. The number of para-hydroxylation sites is 1. The Balaban J connectivity index is 1.45. The Kier molecular flexibility index (Phi) is 7.04. The van der Waals surface area contributed by atoms with E-state index >= 15 is 0 Å². The molecule has 34 heavy (non-hydrogen) atoms. The van der Waals surface area contributed by atoms with Crippen molar-refractivity contribution in [1.82, 2.24) is 14.5 Å². The van der Waals surface area contributed by atoms with Crippen LogP contribution in [0.15, 0.2) is 48.6 Å². The summed E-state index contributed by atoms with van der Waals surface area (Å²) in [5, 5.41) is 14.3. The molecule has 0 spiro atoms. The van der Waals surface area contributed by atoms with Gasteiger partial charge in [0.05, 0.1) is 29.2 Å². The Bertz CT molecular complexity index is 1230. The molecule has 1 aliphatic rings. The summed E-state index contributed by atoms with van der Waals surface area (Å²) in [5.74, 6) is -0.285. The number of hydrogen-bond donors (Lipinski definition) is 3. The Labute approximate surface area is 196 Å². The maximum absolute atomic E-state index is 11.3. The first kappa shape index (κ1) is 23.2.